The summed E-state index contributed by atoms with van der Waals surface area (Å²) < 4.78 is 1.77. The average molecular weight is 425 g/mol. The Morgan fingerprint density at radius 1 is 1.33 bits per heavy atom. The second-order valence-electron chi connectivity index (χ2n) is 2.91. The summed E-state index contributed by atoms with van der Waals surface area (Å²) >= 11 is 0. The van der Waals surface area contributed by atoms with E-state index in [-0.39, 0.29) is 38.5 Å². The van der Waals surface area contributed by atoms with E-state index in [1.807, 2.05) is 37.5 Å². The molecule has 0 unspecified atom stereocenters. The number of nitrogens with two attached hydrogens (primary N) is 1. The fourth-order valence-electron chi connectivity index (χ4n) is 1.17. The van der Waals surface area contributed by atoms with Crippen LogP contribution < -0.4 is 5.73 Å². The average Bonchev–Trinajstić information content (AvgIpc) is 2.53. The molecule has 0 atom stereocenters. The molecular weight excluding hydrogens is 412 g/mol. The van der Waals surface area contributed by atoms with E-state index in [4.69, 9.17) is 5.73 Å². The molecule has 1 aromatic heterocycles. The van der Waals surface area contributed by atoms with Gasteiger partial charge >= 0.3 is 31.1 Å². The van der Waals surface area contributed by atoms with Crippen LogP contribution in [-0.4, -0.2) is 9.78 Å². The van der Waals surface area contributed by atoms with Gasteiger partial charge in [-0.05, 0) is 6.07 Å². The molecule has 2 rings (SSSR count). The zero-order chi connectivity index (χ0) is 9.26. The molecule has 1 aromatic carbocycles. The molecule has 0 radical (unpaired) electrons. The Balaban J connectivity index is 0.000000980. The van der Waals surface area contributed by atoms with E-state index in [2.05, 4.69) is 11.2 Å². The Hall–Kier alpha value is -0.718. The number of anilines is 1. The Bertz CT molecular complexity index is 406. The van der Waals surface area contributed by atoms with Crippen LogP contribution in [0.25, 0.3) is 11.3 Å². The topological polar surface area (TPSA) is 43.8 Å². The van der Waals surface area contributed by atoms with Gasteiger partial charge in [-0.2, -0.15) is 23.3 Å². The first kappa shape index (κ1) is 14.3. The zero-order valence-corrected chi connectivity index (χ0v) is 13.0. The molecule has 0 saturated carbocycles. The monoisotopic (exact) mass is 425 g/mol. The van der Waals surface area contributed by atoms with Gasteiger partial charge in [0.15, 0.2) is 0 Å². The quantitative estimate of drug-likeness (QED) is 0.561. The maximum absolute atomic E-state index is 5.53. The van der Waals surface area contributed by atoms with Crippen molar-refractivity contribution in [1.29, 1.82) is 0 Å². The molecular formula is C11H13N3U. The number of rotatable bonds is 1. The predicted molar refractivity (Wildman–Crippen MR) is 58.3 cm³/mol. The largest absolute Gasteiger partial charge is 2.00 e. The van der Waals surface area contributed by atoms with Gasteiger partial charge in [-0.3, -0.25) is 4.68 Å². The van der Waals surface area contributed by atoms with Gasteiger partial charge in [0.2, 0.25) is 0 Å². The van der Waals surface area contributed by atoms with Gasteiger partial charge < -0.3 is 13.2 Å². The standard InChI is InChI=1S/C10H10N3.CH3.U/c1-13-7-6-10(12-13)8-2-4-9(11)5-3-8;;/h2-4,6-7H,11H2,1H3;1H3;/q2*-1;+2. The molecule has 2 aromatic rings. The van der Waals surface area contributed by atoms with Gasteiger partial charge in [0.05, 0.1) is 0 Å². The molecule has 0 amide bonds. The fourth-order valence-corrected chi connectivity index (χ4v) is 1.17. The summed E-state index contributed by atoms with van der Waals surface area (Å²) in [4.78, 5) is 0. The summed E-state index contributed by atoms with van der Waals surface area (Å²) in [5.41, 5.74) is 8.16. The Morgan fingerprint density at radius 3 is 2.53 bits per heavy atom. The summed E-state index contributed by atoms with van der Waals surface area (Å²) in [6.07, 6.45) is 1.91. The molecule has 2 N–H and O–H groups in total. The summed E-state index contributed by atoms with van der Waals surface area (Å²) in [5, 5.41) is 4.27. The third kappa shape index (κ3) is 3.41. The number of hydrogen-bond acceptors (Lipinski definition) is 2. The number of nitrogens with zero attached hydrogens (tertiary/aromatic N) is 2. The van der Waals surface area contributed by atoms with E-state index < -0.39 is 0 Å². The smallest absolute Gasteiger partial charge is 0.420 e. The van der Waals surface area contributed by atoms with Crippen LogP contribution in [0.2, 0.25) is 0 Å². The van der Waals surface area contributed by atoms with Gasteiger partial charge in [0.25, 0.3) is 0 Å². The van der Waals surface area contributed by atoms with Crippen LogP contribution in [0.15, 0.2) is 30.5 Å². The number of hydrogen-bond donors (Lipinski definition) is 1. The van der Waals surface area contributed by atoms with E-state index in [0.29, 0.717) is 5.69 Å². The molecule has 1 heterocycles. The normalized spacial score (nSPS) is 8.87. The number of nitrogen functional groups attached to an aromatic ring is 1. The van der Waals surface area contributed by atoms with Crippen molar-refractivity contribution in [3.05, 3.63) is 44.0 Å². The number of aromatic nitrogens is 2. The SMILES string of the molecule is Cn1ccc(-c2c[c-]c(N)cc2)n1.[CH3-].[U+2]. The van der Waals surface area contributed by atoms with Crippen molar-refractivity contribution in [3.8, 4) is 11.3 Å². The van der Waals surface area contributed by atoms with Crippen molar-refractivity contribution in [2.45, 2.75) is 0 Å². The van der Waals surface area contributed by atoms with Crippen molar-refractivity contribution in [2.24, 2.45) is 7.05 Å². The number of benzene rings is 1. The second-order valence-corrected chi connectivity index (χ2v) is 2.91. The fraction of sp³-hybridized carbons (Fsp3) is 0.0909. The molecule has 0 saturated heterocycles. The maximum Gasteiger partial charge on any atom is 2.00 e. The third-order valence-corrected chi connectivity index (χ3v) is 1.85. The number of aryl methyl sites for hydroxylation is 1. The minimum Gasteiger partial charge on any atom is -0.420 e. The molecule has 0 fully saturated rings. The summed E-state index contributed by atoms with van der Waals surface area (Å²) in [6, 6.07) is 10.5. The van der Waals surface area contributed by atoms with Gasteiger partial charge in [0, 0.05) is 18.9 Å². The predicted octanol–water partition coefficient (Wildman–Crippen LogP) is 1.92. The first-order valence-electron chi connectivity index (χ1n) is 4.03. The maximum atomic E-state index is 5.53. The van der Waals surface area contributed by atoms with Crippen LogP contribution in [0.1, 0.15) is 0 Å². The summed E-state index contributed by atoms with van der Waals surface area (Å²) in [5.74, 6) is 0. The Morgan fingerprint density at radius 2 is 2.07 bits per heavy atom. The molecule has 0 aliphatic rings. The van der Waals surface area contributed by atoms with E-state index in [1.165, 1.54) is 0 Å². The van der Waals surface area contributed by atoms with Crippen LogP contribution in [0.3, 0.4) is 0 Å². The molecule has 0 bridgehead atoms. The molecule has 4 heteroatoms. The van der Waals surface area contributed by atoms with E-state index in [9.17, 15) is 0 Å². The van der Waals surface area contributed by atoms with Gasteiger partial charge in [-0.25, -0.2) is 0 Å². The third-order valence-electron chi connectivity index (χ3n) is 1.85. The van der Waals surface area contributed by atoms with Crippen LogP contribution in [0.4, 0.5) is 5.69 Å². The molecule has 76 valence electrons. The van der Waals surface area contributed by atoms with Crippen molar-refractivity contribution >= 4 is 5.69 Å². The Kier molecular flexibility index (Phi) is 5.71. The minimum absolute atomic E-state index is 0. The van der Waals surface area contributed by atoms with Gasteiger partial charge in [-0.15, -0.1) is 11.6 Å². The molecule has 0 aliphatic heterocycles. The van der Waals surface area contributed by atoms with Crippen LogP contribution in [0.5, 0.6) is 0 Å². The van der Waals surface area contributed by atoms with E-state index in [1.54, 1.807) is 4.68 Å². The van der Waals surface area contributed by atoms with Crippen molar-refractivity contribution in [3.63, 3.8) is 0 Å². The zero-order valence-electron chi connectivity index (χ0n) is 8.86. The molecule has 3 nitrogen and oxygen atoms in total. The van der Waals surface area contributed by atoms with Crippen LogP contribution in [-0.2, 0) is 7.05 Å². The second kappa shape index (κ2) is 5.99. The van der Waals surface area contributed by atoms with Crippen LogP contribution >= 0.6 is 0 Å². The van der Waals surface area contributed by atoms with Crippen LogP contribution in [0, 0.1) is 44.6 Å². The molecule has 0 spiro atoms. The summed E-state index contributed by atoms with van der Waals surface area (Å²) in [6.45, 7) is 0. The minimum atomic E-state index is 0. The first-order valence-corrected chi connectivity index (χ1v) is 4.03. The van der Waals surface area contributed by atoms with Crippen molar-refractivity contribution in [1.82, 2.24) is 9.78 Å². The van der Waals surface area contributed by atoms with Gasteiger partial charge in [0.1, 0.15) is 0 Å². The van der Waals surface area contributed by atoms with Crippen molar-refractivity contribution < 1.29 is 31.1 Å². The van der Waals surface area contributed by atoms with Crippen molar-refractivity contribution in [2.75, 3.05) is 5.73 Å². The molecule has 0 aliphatic carbocycles. The van der Waals surface area contributed by atoms with Gasteiger partial charge in [-0.1, -0.05) is 5.69 Å². The molecule has 15 heavy (non-hydrogen) atoms. The van der Waals surface area contributed by atoms with E-state index in [0.717, 1.165) is 11.3 Å². The Labute approximate surface area is 114 Å². The first-order chi connectivity index (χ1) is 6.25. The summed E-state index contributed by atoms with van der Waals surface area (Å²) in [7, 11) is 1.89. The van der Waals surface area contributed by atoms with E-state index >= 15 is 0 Å².